The lowest BCUT2D eigenvalue weighted by molar-refractivity contribution is -0.143. The number of carbonyl (C=O) groups is 1. The fourth-order valence-electron chi connectivity index (χ4n) is 3.47. The summed E-state index contributed by atoms with van der Waals surface area (Å²) in [5, 5.41) is 14.9. The molecule has 18 heteroatoms. The maximum Gasteiger partial charge on any atom is 0.440 e. The number of hydrogen-bond donors (Lipinski definition) is 4. The smallest absolute Gasteiger partial charge is 0.440 e. The quantitative estimate of drug-likeness (QED) is 0.316. The molecular weight excluding hydrogens is 594 g/mol. The SMILES string of the molecule is CNC(=O)C1(NS(=O)(=O)c2cc(Oc3c(Cl)cc(-n4nc(C(F)(F)F)c(=O)[nH]c4=O)cc3Cl)ccc2O)CC1. The number of benzene rings is 2. The molecule has 0 saturated heterocycles. The number of nitrogens with one attached hydrogen (secondary N) is 3. The molecule has 1 aliphatic rings. The monoisotopic (exact) mass is 609 g/mol. The average Bonchev–Trinajstić information content (AvgIpc) is 3.60. The maximum absolute atomic E-state index is 13.1. The minimum Gasteiger partial charge on any atom is -0.507 e. The van der Waals surface area contributed by atoms with Crippen LogP contribution in [0.25, 0.3) is 5.69 Å². The summed E-state index contributed by atoms with van der Waals surface area (Å²) in [6.07, 6.45) is -4.67. The van der Waals surface area contributed by atoms with Crippen LogP contribution >= 0.6 is 23.2 Å². The molecule has 1 heterocycles. The highest BCUT2D eigenvalue weighted by Crippen LogP contribution is 2.41. The number of H-pyrrole nitrogens is 1. The number of aromatic hydroxyl groups is 1. The van der Waals surface area contributed by atoms with Crippen LogP contribution in [0.3, 0.4) is 0 Å². The molecule has 12 nitrogen and oxygen atoms in total. The number of amides is 1. The number of ether oxygens (including phenoxy) is 1. The van der Waals surface area contributed by atoms with Gasteiger partial charge in [-0.2, -0.15) is 27.7 Å². The number of carbonyl (C=O) groups excluding carboxylic acids is 1. The molecule has 1 saturated carbocycles. The van der Waals surface area contributed by atoms with Gasteiger partial charge in [0.2, 0.25) is 21.6 Å². The summed E-state index contributed by atoms with van der Waals surface area (Å²) in [4.78, 5) is 36.5. The Bertz CT molecular complexity index is 1700. The van der Waals surface area contributed by atoms with Gasteiger partial charge in [0.1, 0.15) is 21.9 Å². The van der Waals surface area contributed by atoms with E-state index in [2.05, 4.69) is 15.1 Å². The van der Waals surface area contributed by atoms with Gasteiger partial charge in [-0.25, -0.2) is 13.2 Å². The highest BCUT2D eigenvalue weighted by molar-refractivity contribution is 7.89. The Hall–Kier alpha value is -3.60. The number of phenols is 1. The topological polar surface area (TPSA) is 172 Å². The van der Waals surface area contributed by atoms with Gasteiger partial charge in [0.05, 0.1) is 15.7 Å². The first kappa shape index (κ1) is 28.4. The van der Waals surface area contributed by atoms with Gasteiger partial charge in [0.15, 0.2) is 5.75 Å². The summed E-state index contributed by atoms with van der Waals surface area (Å²) in [5.74, 6) is -1.68. The zero-order chi connectivity index (χ0) is 28.9. The lowest BCUT2D eigenvalue weighted by Crippen LogP contribution is -2.47. The van der Waals surface area contributed by atoms with Crippen molar-refractivity contribution >= 4 is 39.1 Å². The number of aromatic nitrogens is 3. The number of sulfonamides is 1. The molecule has 0 bridgehead atoms. The van der Waals surface area contributed by atoms with Crippen LogP contribution in [0.2, 0.25) is 10.0 Å². The number of phenolic OH excluding ortho intramolecular Hbond substituents is 1. The minimum atomic E-state index is -5.16. The first-order valence-corrected chi connectivity index (χ1v) is 12.9. The molecule has 208 valence electrons. The number of hydrogen-bond acceptors (Lipinski definition) is 8. The highest BCUT2D eigenvalue weighted by atomic mass is 35.5. The molecule has 1 aromatic heterocycles. The van der Waals surface area contributed by atoms with Crippen LogP contribution in [0.4, 0.5) is 13.2 Å². The van der Waals surface area contributed by atoms with Crippen molar-refractivity contribution in [2.75, 3.05) is 7.05 Å². The standard InChI is InChI=1S/C21H16Cl2F3N5O7S/c1-27-18(34)20(4-5-20)30-39(36,37)14-8-10(2-3-13(14)32)38-15-11(22)6-9(7-12(15)23)31-19(35)28-17(33)16(29-31)21(24,25)26/h2-3,6-8,30,32H,4-5H2,1H3,(H,27,34)(H,28,33,35). The van der Waals surface area contributed by atoms with Crippen LogP contribution in [0.1, 0.15) is 18.5 Å². The van der Waals surface area contributed by atoms with E-state index >= 15 is 0 Å². The molecule has 4 N–H and O–H groups in total. The van der Waals surface area contributed by atoms with Crippen LogP contribution < -0.4 is 26.0 Å². The van der Waals surface area contributed by atoms with Crippen molar-refractivity contribution in [3.05, 3.63) is 66.9 Å². The van der Waals surface area contributed by atoms with Gasteiger partial charge >= 0.3 is 11.9 Å². The molecule has 0 aliphatic heterocycles. The van der Waals surface area contributed by atoms with Gasteiger partial charge in [0.25, 0.3) is 5.56 Å². The summed E-state index contributed by atoms with van der Waals surface area (Å²) in [7, 11) is -3.07. The van der Waals surface area contributed by atoms with Gasteiger partial charge in [-0.15, -0.1) is 0 Å². The molecule has 1 fully saturated rings. The Morgan fingerprint density at radius 1 is 1.18 bits per heavy atom. The number of halogens is 5. The number of aromatic amines is 1. The summed E-state index contributed by atoms with van der Waals surface area (Å²) < 4.78 is 73.1. The van der Waals surface area contributed by atoms with Gasteiger partial charge in [-0.05, 0) is 37.1 Å². The highest BCUT2D eigenvalue weighted by Gasteiger charge is 2.52. The van der Waals surface area contributed by atoms with Crippen molar-refractivity contribution in [1.29, 1.82) is 0 Å². The number of alkyl halides is 3. The molecular formula is C21H16Cl2F3N5O7S. The third-order valence-corrected chi connectivity index (χ3v) is 7.63. The van der Waals surface area contributed by atoms with E-state index in [1.165, 1.54) is 18.1 Å². The molecule has 0 atom stereocenters. The van der Waals surface area contributed by atoms with Crippen LogP contribution in [0, 0.1) is 0 Å². The predicted octanol–water partition coefficient (Wildman–Crippen LogP) is 2.30. The van der Waals surface area contributed by atoms with E-state index < -0.39 is 55.2 Å². The van der Waals surface area contributed by atoms with Gasteiger partial charge in [-0.1, -0.05) is 23.2 Å². The van der Waals surface area contributed by atoms with Crippen LogP contribution in [0.5, 0.6) is 17.2 Å². The van der Waals surface area contributed by atoms with Crippen molar-refractivity contribution < 1.29 is 36.2 Å². The van der Waals surface area contributed by atoms with Gasteiger partial charge in [0, 0.05) is 13.1 Å². The van der Waals surface area contributed by atoms with Crippen LogP contribution in [-0.2, 0) is 21.0 Å². The average molecular weight is 610 g/mol. The van der Waals surface area contributed by atoms with Crippen molar-refractivity contribution in [3.8, 4) is 22.9 Å². The summed E-state index contributed by atoms with van der Waals surface area (Å²) >= 11 is 12.4. The molecule has 1 amide bonds. The van der Waals surface area contributed by atoms with E-state index in [-0.39, 0.29) is 44.8 Å². The van der Waals surface area contributed by atoms with Crippen molar-refractivity contribution in [2.45, 2.75) is 29.5 Å². The molecule has 3 aromatic rings. The minimum absolute atomic E-state index is 0.187. The second kappa shape index (κ2) is 9.86. The molecule has 1 aliphatic carbocycles. The molecule has 2 aromatic carbocycles. The van der Waals surface area contributed by atoms with Crippen molar-refractivity contribution in [2.24, 2.45) is 0 Å². The predicted molar refractivity (Wildman–Crippen MR) is 130 cm³/mol. The van der Waals surface area contributed by atoms with E-state index in [4.69, 9.17) is 27.9 Å². The van der Waals surface area contributed by atoms with Crippen LogP contribution in [0.15, 0.2) is 44.8 Å². The fourth-order valence-corrected chi connectivity index (χ4v) is 5.56. The number of rotatable bonds is 7. The normalized spacial score (nSPS) is 14.6. The van der Waals surface area contributed by atoms with E-state index in [9.17, 15) is 41.1 Å². The summed E-state index contributed by atoms with van der Waals surface area (Å²) in [6.45, 7) is 0. The van der Waals surface area contributed by atoms with E-state index in [1.807, 2.05) is 0 Å². The van der Waals surface area contributed by atoms with Crippen molar-refractivity contribution in [1.82, 2.24) is 24.8 Å². The van der Waals surface area contributed by atoms with Crippen LogP contribution in [-0.4, -0.2) is 46.8 Å². The Morgan fingerprint density at radius 2 is 1.79 bits per heavy atom. The third-order valence-electron chi connectivity index (χ3n) is 5.51. The second-order valence-corrected chi connectivity index (χ2v) is 10.7. The van der Waals surface area contributed by atoms with E-state index in [0.29, 0.717) is 0 Å². The summed E-state index contributed by atoms with van der Waals surface area (Å²) in [5.41, 5.74) is -6.63. The van der Waals surface area contributed by atoms with Gasteiger partial charge in [-0.3, -0.25) is 14.6 Å². The fraction of sp³-hybridized carbons (Fsp3) is 0.238. The molecule has 39 heavy (non-hydrogen) atoms. The largest absolute Gasteiger partial charge is 0.507 e. The first-order valence-electron chi connectivity index (χ1n) is 10.7. The zero-order valence-electron chi connectivity index (χ0n) is 19.4. The Balaban J connectivity index is 1.68. The molecule has 4 rings (SSSR count). The summed E-state index contributed by atoms with van der Waals surface area (Å²) in [6, 6.07) is 5.04. The van der Waals surface area contributed by atoms with Crippen molar-refractivity contribution in [3.63, 3.8) is 0 Å². The first-order chi connectivity index (χ1) is 18.1. The van der Waals surface area contributed by atoms with E-state index in [0.717, 1.165) is 24.3 Å². The molecule has 0 radical (unpaired) electrons. The third kappa shape index (κ3) is 5.59. The second-order valence-electron chi connectivity index (χ2n) is 8.25. The molecule has 0 spiro atoms. The number of likely N-dealkylation sites (N-methyl/N-ethyl adjacent to an activating group) is 1. The zero-order valence-corrected chi connectivity index (χ0v) is 21.7. The van der Waals surface area contributed by atoms with E-state index in [1.54, 1.807) is 0 Å². The Kier molecular flexibility index (Phi) is 7.18. The number of nitrogens with zero attached hydrogens (tertiary/aromatic N) is 2. The Morgan fingerprint density at radius 3 is 2.33 bits per heavy atom. The molecule has 0 unspecified atom stereocenters. The lowest BCUT2D eigenvalue weighted by Gasteiger charge is -2.17. The maximum atomic E-state index is 13.1. The lowest BCUT2D eigenvalue weighted by atomic mass is 10.3. The van der Waals surface area contributed by atoms with Gasteiger partial charge < -0.3 is 15.2 Å². The Labute approximate surface area is 226 Å².